The first-order chi connectivity index (χ1) is 7.84. The van der Waals surface area contributed by atoms with Crippen LogP contribution < -0.4 is 10.6 Å². The quantitative estimate of drug-likeness (QED) is 0.774. The van der Waals surface area contributed by atoms with Gasteiger partial charge in [-0.05, 0) is 18.9 Å². The van der Waals surface area contributed by atoms with Crippen molar-refractivity contribution < 1.29 is 0 Å². The minimum Gasteiger partial charge on any atom is -0.383 e. The summed E-state index contributed by atoms with van der Waals surface area (Å²) in [6.07, 6.45) is 5.71. The van der Waals surface area contributed by atoms with E-state index in [0.717, 1.165) is 29.8 Å². The van der Waals surface area contributed by atoms with Crippen LogP contribution in [0.2, 0.25) is 0 Å². The van der Waals surface area contributed by atoms with Crippen molar-refractivity contribution >= 4 is 22.5 Å². The number of aromatic nitrogens is 3. The minimum atomic E-state index is 0.521. The predicted molar refractivity (Wildman–Crippen MR) is 63.2 cm³/mol. The van der Waals surface area contributed by atoms with Crippen molar-refractivity contribution in [1.29, 1.82) is 0 Å². The van der Waals surface area contributed by atoms with Crippen molar-refractivity contribution in [2.45, 2.75) is 12.8 Å². The summed E-state index contributed by atoms with van der Waals surface area (Å²) in [5, 5.41) is 0.888. The molecule has 0 spiro atoms. The number of pyridine rings is 1. The highest BCUT2D eigenvalue weighted by atomic mass is 15.2. The predicted octanol–water partition coefficient (Wildman–Crippen LogP) is 1.21. The molecule has 1 aliphatic heterocycles. The molecule has 0 radical (unpaired) electrons. The van der Waals surface area contributed by atoms with Crippen LogP contribution in [0.4, 0.5) is 11.6 Å². The van der Waals surface area contributed by atoms with Gasteiger partial charge in [0.2, 0.25) is 0 Å². The van der Waals surface area contributed by atoms with E-state index in [4.69, 9.17) is 5.73 Å². The number of nitrogens with two attached hydrogens (primary N) is 1. The molecule has 5 nitrogen and oxygen atoms in total. The summed E-state index contributed by atoms with van der Waals surface area (Å²) in [7, 11) is 0. The van der Waals surface area contributed by atoms with E-state index >= 15 is 0 Å². The first kappa shape index (κ1) is 9.33. The normalized spacial score (nSPS) is 15.9. The molecule has 0 bridgehead atoms. The van der Waals surface area contributed by atoms with Crippen LogP contribution in [0.5, 0.6) is 0 Å². The van der Waals surface area contributed by atoms with Gasteiger partial charge in [0.15, 0.2) is 0 Å². The lowest BCUT2D eigenvalue weighted by Crippen LogP contribution is -2.18. The lowest BCUT2D eigenvalue weighted by Gasteiger charge is -2.16. The number of anilines is 2. The van der Waals surface area contributed by atoms with E-state index in [9.17, 15) is 0 Å². The largest absolute Gasteiger partial charge is 0.383 e. The van der Waals surface area contributed by atoms with Crippen LogP contribution in [0.25, 0.3) is 10.9 Å². The smallest absolute Gasteiger partial charge is 0.134 e. The fourth-order valence-corrected chi connectivity index (χ4v) is 2.09. The van der Waals surface area contributed by atoms with Crippen molar-refractivity contribution in [3.8, 4) is 0 Å². The van der Waals surface area contributed by atoms with Gasteiger partial charge in [0.05, 0.1) is 11.7 Å². The summed E-state index contributed by atoms with van der Waals surface area (Å²) < 4.78 is 0. The van der Waals surface area contributed by atoms with Crippen LogP contribution >= 0.6 is 0 Å². The second kappa shape index (κ2) is 3.59. The Bertz CT molecular complexity index is 519. The summed E-state index contributed by atoms with van der Waals surface area (Å²) in [5.74, 6) is 1.50. The summed E-state index contributed by atoms with van der Waals surface area (Å²) in [6, 6.07) is 1.98. The van der Waals surface area contributed by atoms with Crippen molar-refractivity contribution in [3.63, 3.8) is 0 Å². The van der Waals surface area contributed by atoms with Crippen molar-refractivity contribution in [2.75, 3.05) is 23.7 Å². The maximum absolute atomic E-state index is 5.83. The van der Waals surface area contributed by atoms with Crippen LogP contribution in [-0.4, -0.2) is 28.0 Å². The third kappa shape index (κ3) is 1.44. The minimum absolute atomic E-state index is 0.521. The van der Waals surface area contributed by atoms with Gasteiger partial charge in [-0.15, -0.1) is 0 Å². The number of rotatable bonds is 1. The van der Waals surface area contributed by atoms with Gasteiger partial charge in [0, 0.05) is 18.5 Å². The third-order valence-corrected chi connectivity index (χ3v) is 2.97. The molecule has 82 valence electrons. The van der Waals surface area contributed by atoms with Gasteiger partial charge in [0.1, 0.15) is 18.0 Å². The lowest BCUT2D eigenvalue weighted by atomic mass is 10.3. The molecule has 0 unspecified atom stereocenters. The van der Waals surface area contributed by atoms with E-state index in [0.29, 0.717) is 5.82 Å². The molecular formula is C11H13N5. The Hall–Kier alpha value is -1.91. The molecule has 2 aromatic rings. The van der Waals surface area contributed by atoms with Gasteiger partial charge in [-0.2, -0.15) is 0 Å². The fraction of sp³-hybridized carbons (Fsp3) is 0.364. The van der Waals surface area contributed by atoms with Crippen LogP contribution in [0, 0.1) is 0 Å². The van der Waals surface area contributed by atoms with Crippen LogP contribution in [0.1, 0.15) is 12.8 Å². The summed E-state index contributed by atoms with van der Waals surface area (Å²) in [5.41, 5.74) is 6.63. The molecule has 2 aromatic heterocycles. The Kier molecular flexibility index (Phi) is 2.09. The average Bonchev–Trinajstić information content (AvgIpc) is 2.83. The monoisotopic (exact) mass is 215 g/mol. The molecule has 1 saturated heterocycles. The number of fused-ring (bicyclic) bond motifs is 1. The van der Waals surface area contributed by atoms with Gasteiger partial charge < -0.3 is 10.6 Å². The molecule has 2 N–H and O–H groups in total. The highest BCUT2D eigenvalue weighted by Gasteiger charge is 2.14. The fourth-order valence-electron chi connectivity index (χ4n) is 2.09. The molecule has 0 aromatic carbocycles. The van der Waals surface area contributed by atoms with E-state index in [1.54, 1.807) is 6.20 Å². The molecule has 16 heavy (non-hydrogen) atoms. The first-order valence-corrected chi connectivity index (χ1v) is 5.46. The molecule has 3 rings (SSSR count). The van der Waals surface area contributed by atoms with Gasteiger partial charge in [0.25, 0.3) is 0 Å². The molecule has 3 heterocycles. The SMILES string of the molecule is Nc1ncnc2cnc(N3CCCC3)cc12. The number of nitrogen functional groups attached to an aromatic ring is 1. The summed E-state index contributed by atoms with van der Waals surface area (Å²) in [4.78, 5) is 14.8. The molecule has 0 aliphatic carbocycles. The molecule has 1 fully saturated rings. The van der Waals surface area contributed by atoms with Gasteiger partial charge in [-0.3, -0.25) is 0 Å². The molecule has 1 aliphatic rings. The van der Waals surface area contributed by atoms with Crippen molar-refractivity contribution in [3.05, 3.63) is 18.6 Å². The lowest BCUT2D eigenvalue weighted by molar-refractivity contribution is 0.939. The second-order valence-corrected chi connectivity index (χ2v) is 4.01. The Morgan fingerprint density at radius 2 is 1.94 bits per heavy atom. The zero-order valence-corrected chi connectivity index (χ0v) is 8.93. The maximum atomic E-state index is 5.83. The van der Waals surface area contributed by atoms with E-state index < -0.39 is 0 Å². The van der Waals surface area contributed by atoms with E-state index in [-0.39, 0.29) is 0 Å². The standard InChI is InChI=1S/C11H13N5/c12-11-8-5-10(16-3-1-2-4-16)13-6-9(8)14-7-15-11/h5-7H,1-4H2,(H2,12,14,15). The Labute approximate surface area is 93.3 Å². The van der Waals surface area contributed by atoms with E-state index in [1.165, 1.54) is 19.2 Å². The maximum Gasteiger partial charge on any atom is 0.134 e. The van der Waals surface area contributed by atoms with Crippen LogP contribution in [0.15, 0.2) is 18.6 Å². The topological polar surface area (TPSA) is 67.9 Å². The zero-order valence-electron chi connectivity index (χ0n) is 8.93. The summed E-state index contributed by atoms with van der Waals surface area (Å²) in [6.45, 7) is 2.15. The van der Waals surface area contributed by atoms with Gasteiger partial charge in [-0.25, -0.2) is 15.0 Å². The number of hydrogen-bond donors (Lipinski definition) is 1. The van der Waals surface area contributed by atoms with E-state index in [1.807, 2.05) is 6.07 Å². The third-order valence-electron chi connectivity index (χ3n) is 2.97. The van der Waals surface area contributed by atoms with Crippen LogP contribution in [-0.2, 0) is 0 Å². The number of nitrogens with zero attached hydrogens (tertiary/aromatic N) is 4. The molecule has 0 atom stereocenters. The van der Waals surface area contributed by atoms with Crippen molar-refractivity contribution in [1.82, 2.24) is 15.0 Å². The molecular weight excluding hydrogens is 202 g/mol. The Morgan fingerprint density at radius 1 is 1.12 bits per heavy atom. The van der Waals surface area contributed by atoms with Gasteiger partial charge in [-0.1, -0.05) is 0 Å². The Balaban J connectivity index is 2.10. The highest BCUT2D eigenvalue weighted by molar-refractivity contribution is 5.89. The van der Waals surface area contributed by atoms with E-state index in [2.05, 4.69) is 19.9 Å². The van der Waals surface area contributed by atoms with Gasteiger partial charge >= 0.3 is 0 Å². The zero-order chi connectivity index (χ0) is 11.0. The Morgan fingerprint density at radius 3 is 2.75 bits per heavy atom. The molecule has 0 amide bonds. The van der Waals surface area contributed by atoms with Crippen LogP contribution in [0.3, 0.4) is 0 Å². The molecule has 0 saturated carbocycles. The van der Waals surface area contributed by atoms with Crippen molar-refractivity contribution in [2.24, 2.45) is 0 Å². The summed E-state index contributed by atoms with van der Waals surface area (Å²) >= 11 is 0. The first-order valence-electron chi connectivity index (χ1n) is 5.46. The highest BCUT2D eigenvalue weighted by Crippen LogP contribution is 2.23. The molecule has 5 heteroatoms. The second-order valence-electron chi connectivity index (χ2n) is 4.01. The average molecular weight is 215 g/mol. The number of hydrogen-bond acceptors (Lipinski definition) is 5.